The van der Waals surface area contributed by atoms with Gasteiger partial charge in [0.1, 0.15) is 4.90 Å². The SMILES string of the molecule is C=Cc1cccc(S(=O)(=O)Nc2cccc3cccnc23)c1F. The molecule has 4 nitrogen and oxygen atoms in total. The Morgan fingerprint density at radius 2 is 1.83 bits per heavy atom. The summed E-state index contributed by atoms with van der Waals surface area (Å²) in [5.41, 5.74) is 0.925. The summed E-state index contributed by atoms with van der Waals surface area (Å²) in [4.78, 5) is 3.75. The van der Waals surface area contributed by atoms with Gasteiger partial charge >= 0.3 is 0 Å². The highest BCUT2D eigenvalue weighted by Crippen LogP contribution is 2.25. The largest absolute Gasteiger partial charge is 0.277 e. The zero-order chi connectivity index (χ0) is 16.4. The molecule has 6 heteroatoms. The molecule has 0 spiro atoms. The molecule has 3 rings (SSSR count). The highest BCUT2D eigenvalue weighted by Gasteiger charge is 2.21. The van der Waals surface area contributed by atoms with Gasteiger partial charge in [-0.3, -0.25) is 9.71 Å². The van der Waals surface area contributed by atoms with Crippen LogP contribution in [0, 0.1) is 5.82 Å². The van der Waals surface area contributed by atoms with Crippen molar-refractivity contribution in [2.24, 2.45) is 0 Å². The smallest absolute Gasteiger partial charge is 0.264 e. The van der Waals surface area contributed by atoms with Crippen molar-refractivity contribution in [2.75, 3.05) is 4.72 Å². The number of benzene rings is 2. The molecule has 0 fully saturated rings. The topological polar surface area (TPSA) is 59.1 Å². The highest BCUT2D eigenvalue weighted by molar-refractivity contribution is 7.92. The van der Waals surface area contributed by atoms with Gasteiger partial charge < -0.3 is 0 Å². The maximum absolute atomic E-state index is 14.3. The number of halogens is 1. The standard InChI is InChI=1S/C17H13FN2O2S/c1-2-12-6-4-10-15(16(12)18)23(21,22)20-14-9-3-7-13-8-5-11-19-17(13)14/h2-11,20H,1H2. The van der Waals surface area contributed by atoms with Crippen molar-refractivity contribution < 1.29 is 12.8 Å². The molecule has 0 bridgehead atoms. The number of fused-ring (bicyclic) bond motifs is 1. The van der Waals surface area contributed by atoms with Crippen molar-refractivity contribution in [3.05, 3.63) is 72.7 Å². The Kier molecular flexibility index (Phi) is 3.83. The molecule has 0 amide bonds. The Bertz CT molecular complexity index is 995. The van der Waals surface area contributed by atoms with Gasteiger partial charge in [-0.05, 0) is 18.2 Å². The molecule has 0 saturated carbocycles. The molecular formula is C17H13FN2O2S. The van der Waals surface area contributed by atoms with E-state index < -0.39 is 20.7 Å². The van der Waals surface area contributed by atoms with Gasteiger partial charge in [0, 0.05) is 17.1 Å². The lowest BCUT2D eigenvalue weighted by molar-refractivity contribution is 0.569. The summed E-state index contributed by atoms with van der Waals surface area (Å²) in [7, 11) is -4.08. The van der Waals surface area contributed by atoms with Crippen LogP contribution in [-0.4, -0.2) is 13.4 Å². The Hall–Kier alpha value is -2.73. The molecule has 0 aliphatic heterocycles. The highest BCUT2D eigenvalue weighted by atomic mass is 32.2. The number of aromatic nitrogens is 1. The summed E-state index contributed by atoms with van der Waals surface area (Å²) < 4.78 is 41.7. The first-order valence-corrected chi connectivity index (χ1v) is 8.29. The van der Waals surface area contributed by atoms with Gasteiger partial charge in [0.25, 0.3) is 10.0 Å². The van der Waals surface area contributed by atoms with E-state index in [-0.39, 0.29) is 5.56 Å². The van der Waals surface area contributed by atoms with Crippen LogP contribution in [0.4, 0.5) is 10.1 Å². The minimum atomic E-state index is -4.08. The lowest BCUT2D eigenvalue weighted by Gasteiger charge is -2.11. The average Bonchev–Trinajstić information content (AvgIpc) is 2.55. The van der Waals surface area contributed by atoms with E-state index in [1.807, 2.05) is 12.1 Å². The van der Waals surface area contributed by atoms with Crippen molar-refractivity contribution in [1.29, 1.82) is 0 Å². The van der Waals surface area contributed by atoms with Gasteiger partial charge in [0.15, 0.2) is 5.82 Å². The molecule has 1 aromatic heterocycles. The second kappa shape index (κ2) is 5.81. The second-order valence-electron chi connectivity index (χ2n) is 4.85. The zero-order valence-corrected chi connectivity index (χ0v) is 12.8. The van der Waals surface area contributed by atoms with E-state index >= 15 is 0 Å². The summed E-state index contributed by atoms with van der Waals surface area (Å²) >= 11 is 0. The number of hydrogen-bond donors (Lipinski definition) is 1. The predicted molar refractivity (Wildman–Crippen MR) is 89.0 cm³/mol. The van der Waals surface area contributed by atoms with Gasteiger partial charge in [0.05, 0.1) is 11.2 Å². The molecule has 0 atom stereocenters. The van der Waals surface area contributed by atoms with Crippen LogP contribution in [0.1, 0.15) is 5.56 Å². The van der Waals surface area contributed by atoms with E-state index in [0.29, 0.717) is 11.2 Å². The maximum Gasteiger partial charge on any atom is 0.264 e. The lowest BCUT2D eigenvalue weighted by Crippen LogP contribution is -2.15. The minimum Gasteiger partial charge on any atom is -0.277 e. The number of nitrogens with one attached hydrogen (secondary N) is 1. The molecule has 3 aromatic rings. The molecule has 0 aliphatic rings. The van der Waals surface area contributed by atoms with Crippen molar-refractivity contribution in [3.63, 3.8) is 0 Å². The van der Waals surface area contributed by atoms with Crippen molar-refractivity contribution in [3.8, 4) is 0 Å². The van der Waals surface area contributed by atoms with E-state index in [0.717, 1.165) is 5.39 Å². The van der Waals surface area contributed by atoms with Crippen LogP contribution in [0.2, 0.25) is 0 Å². The van der Waals surface area contributed by atoms with Crippen LogP contribution in [-0.2, 0) is 10.0 Å². The third-order valence-corrected chi connectivity index (χ3v) is 4.76. The molecule has 0 radical (unpaired) electrons. The van der Waals surface area contributed by atoms with Crippen LogP contribution < -0.4 is 4.72 Å². The minimum absolute atomic E-state index is 0.129. The quantitative estimate of drug-likeness (QED) is 0.792. The lowest BCUT2D eigenvalue weighted by atomic mass is 10.2. The van der Waals surface area contributed by atoms with Crippen molar-refractivity contribution in [1.82, 2.24) is 4.98 Å². The van der Waals surface area contributed by atoms with Crippen molar-refractivity contribution >= 4 is 32.7 Å². The molecule has 0 saturated heterocycles. The number of para-hydroxylation sites is 1. The first-order valence-electron chi connectivity index (χ1n) is 6.80. The van der Waals surface area contributed by atoms with E-state index in [1.165, 1.54) is 24.3 Å². The average molecular weight is 328 g/mol. The monoisotopic (exact) mass is 328 g/mol. The molecular weight excluding hydrogens is 315 g/mol. The van der Waals surface area contributed by atoms with Gasteiger partial charge in [-0.1, -0.05) is 43.0 Å². The Balaban J connectivity index is 2.09. The molecule has 2 aromatic carbocycles. The number of sulfonamides is 1. The number of nitrogens with zero attached hydrogens (tertiary/aromatic N) is 1. The summed E-state index contributed by atoms with van der Waals surface area (Å²) in [6.07, 6.45) is 2.84. The van der Waals surface area contributed by atoms with Crippen LogP contribution in [0.15, 0.2) is 66.2 Å². The summed E-state index contributed by atoms with van der Waals surface area (Å²) in [5.74, 6) is -0.830. The zero-order valence-electron chi connectivity index (χ0n) is 12.0. The molecule has 0 unspecified atom stereocenters. The van der Waals surface area contributed by atoms with Crippen LogP contribution in [0.5, 0.6) is 0 Å². The Morgan fingerprint density at radius 1 is 1.09 bits per heavy atom. The fourth-order valence-corrected chi connectivity index (χ4v) is 3.45. The normalized spacial score (nSPS) is 11.3. The number of anilines is 1. The fourth-order valence-electron chi connectivity index (χ4n) is 2.28. The first-order chi connectivity index (χ1) is 11.0. The van der Waals surface area contributed by atoms with Gasteiger partial charge in [-0.25, -0.2) is 12.8 Å². The predicted octanol–water partition coefficient (Wildman–Crippen LogP) is 3.82. The van der Waals surface area contributed by atoms with E-state index in [1.54, 1.807) is 24.4 Å². The third kappa shape index (κ3) is 2.80. The van der Waals surface area contributed by atoms with Gasteiger partial charge in [0.2, 0.25) is 0 Å². The summed E-state index contributed by atoms with van der Waals surface area (Å²) in [5, 5.41) is 0.785. The van der Waals surface area contributed by atoms with Gasteiger partial charge in [-0.2, -0.15) is 0 Å². The summed E-state index contributed by atoms with van der Waals surface area (Å²) in [6, 6.07) is 12.8. The fraction of sp³-hybridized carbons (Fsp3) is 0. The first kappa shape index (κ1) is 15.2. The molecule has 23 heavy (non-hydrogen) atoms. The molecule has 116 valence electrons. The van der Waals surface area contributed by atoms with E-state index in [2.05, 4.69) is 16.3 Å². The number of hydrogen-bond acceptors (Lipinski definition) is 3. The molecule has 0 aliphatic carbocycles. The molecule has 1 heterocycles. The van der Waals surface area contributed by atoms with Crippen LogP contribution in [0.25, 0.3) is 17.0 Å². The summed E-state index contributed by atoms with van der Waals surface area (Å²) in [6.45, 7) is 3.47. The van der Waals surface area contributed by atoms with Crippen molar-refractivity contribution in [2.45, 2.75) is 4.90 Å². The Morgan fingerprint density at radius 3 is 2.61 bits per heavy atom. The van der Waals surface area contributed by atoms with Gasteiger partial charge in [-0.15, -0.1) is 0 Å². The number of rotatable bonds is 4. The number of pyridine rings is 1. The second-order valence-corrected chi connectivity index (χ2v) is 6.50. The van der Waals surface area contributed by atoms with Crippen LogP contribution >= 0.6 is 0 Å². The van der Waals surface area contributed by atoms with E-state index in [4.69, 9.17) is 0 Å². The van der Waals surface area contributed by atoms with E-state index in [9.17, 15) is 12.8 Å². The Labute approximate surface area is 133 Å². The molecule has 1 N–H and O–H groups in total. The third-order valence-electron chi connectivity index (χ3n) is 3.38. The van der Waals surface area contributed by atoms with Crippen LogP contribution in [0.3, 0.4) is 0 Å². The maximum atomic E-state index is 14.3.